The molecule has 0 aromatic carbocycles. The second-order valence-corrected chi connectivity index (χ2v) is 6.82. The number of nitrogens with zero attached hydrogens (tertiary/aromatic N) is 2. The fraction of sp³-hybridized carbons (Fsp3) is 1.00. The van der Waals surface area contributed by atoms with E-state index in [4.69, 9.17) is 0 Å². The van der Waals surface area contributed by atoms with Gasteiger partial charge in [0.15, 0.2) is 0 Å². The van der Waals surface area contributed by atoms with Crippen LogP contribution < -0.4 is 5.32 Å². The summed E-state index contributed by atoms with van der Waals surface area (Å²) in [7, 11) is 2.12. The van der Waals surface area contributed by atoms with Crippen LogP contribution in [0.4, 0.5) is 0 Å². The summed E-state index contributed by atoms with van der Waals surface area (Å²) >= 11 is 0. The highest BCUT2D eigenvalue weighted by Gasteiger charge is 2.31. The van der Waals surface area contributed by atoms with Crippen molar-refractivity contribution in [1.82, 2.24) is 15.1 Å². The van der Waals surface area contributed by atoms with E-state index in [1.54, 1.807) is 0 Å². The van der Waals surface area contributed by atoms with Gasteiger partial charge in [-0.05, 0) is 58.7 Å². The quantitative estimate of drug-likeness (QED) is 0.843. The van der Waals surface area contributed by atoms with Crippen LogP contribution >= 0.6 is 0 Å². The van der Waals surface area contributed by atoms with Crippen molar-refractivity contribution in [2.75, 3.05) is 33.2 Å². The number of rotatable bonds is 3. The average molecular weight is 265 g/mol. The summed E-state index contributed by atoms with van der Waals surface area (Å²) in [4.78, 5) is 5.60. The fourth-order valence-corrected chi connectivity index (χ4v) is 4.51. The van der Waals surface area contributed by atoms with Gasteiger partial charge in [0.25, 0.3) is 0 Å². The lowest BCUT2D eigenvalue weighted by Crippen LogP contribution is -2.40. The van der Waals surface area contributed by atoms with Crippen LogP contribution in [0.25, 0.3) is 0 Å². The van der Waals surface area contributed by atoms with E-state index in [1.807, 2.05) is 0 Å². The molecule has 0 aromatic heterocycles. The predicted molar refractivity (Wildman–Crippen MR) is 80.5 cm³/mol. The third kappa shape index (κ3) is 3.32. The Morgan fingerprint density at radius 1 is 0.737 bits per heavy atom. The molecular weight excluding hydrogens is 234 g/mol. The van der Waals surface area contributed by atoms with Gasteiger partial charge in [0.05, 0.1) is 0 Å². The Balaban J connectivity index is 1.50. The van der Waals surface area contributed by atoms with Crippen LogP contribution in [0.15, 0.2) is 0 Å². The lowest BCUT2D eigenvalue weighted by atomic mass is 10.2. The van der Waals surface area contributed by atoms with Gasteiger partial charge in [0.1, 0.15) is 0 Å². The molecule has 3 rings (SSSR count). The summed E-state index contributed by atoms with van der Waals surface area (Å²) in [5.41, 5.74) is 0. The Labute approximate surface area is 118 Å². The Morgan fingerprint density at radius 2 is 1.42 bits per heavy atom. The van der Waals surface area contributed by atoms with Gasteiger partial charge in [0, 0.05) is 31.2 Å². The number of hydrogen-bond acceptors (Lipinski definition) is 3. The summed E-state index contributed by atoms with van der Waals surface area (Å²) < 4.78 is 0. The zero-order valence-corrected chi connectivity index (χ0v) is 12.6. The van der Waals surface area contributed by atoms with Crippen molar-refractivity contribution in [3.05, 3.63) is 0 Å². The highest BCUT2D eigenvalue weighted by atomic mass is 15.2. The summed E-state index contributed by atoms with van der Waals surface area (Å²) in [6.07, 6.45) is 11.4. The molecule has 110 valence electrons. The SMILES string of the molecule is CN[C@H]1CC[C@H](N2CCCN(C3CCCC3)CC2)C1. The maximum atomic E-state index is 3.47. The number of nitrogens with one attached hydrogen (secondary N) is 1. The molecule has 0 unspecified atom stereocenters. The zero-order valence-electron chi connectivity index (χ0n) is 12.6. The summed E-state index contributed by atoms with van der Waals surface area (Å²) in [6.45, 7) is 5.33. The first-order chi connectivity index (χ1) is 9.36. The van der Waals surface area contributed by atoms with Crippen molar-refractivity contribution in [1.29, 1.82) is 0 Å². The van der Waals surface area contributed by atoms with Crippen molar-refractivity contribution in [3.63, 3.8) is 0 Å². The second-order valence-electron chi connectivity index (χ2n) is 6.82. The molecule has 3 heteroatoms. The number of hydrogen-bond donors (Lipinski definition) is 1. The Hall–Kier alpha value is -0.120. The Morgan fingerprint density at radius 3 is 2.05 bits per heavy atom. The van der Waals surface area contributed by atoms with Gasteiger partial charge in [0.2, 0.25) is 0 Å². The molecule has 2 aliphatic carbocycles. The van der Waals surface area contributed by atoms with Crippen molar-refractivity contribution in [3.8, 4) is 0 Å². The highest BCUT2D eigenvalue weighted by molar-refractivity contribution is 4.88. The van der Waals surface area contributed by atoms with E-state index in [1.165, 1.54) is 77.5 Å². The van der Waals surface area contributed by atoms with Gasteiger partial charge in [-0.3, -0.25) is 9.80 Å². The molecule has 2 atom stereocenters. The van der Waals surface area contributed by atoms with Gasteiger partial charge < -0.3 is 5.32 Å². The Kier molecular flexibility index (Phi) is 4.78. The van der Waals surface area contributed by atoms with Crippen molar-refractivity contribution in [2.45, 2.75) is 69.5 Å². The lowest BCUT2D eigenvalue weighted by Gasteiger charge is -2.29. The molecule has 0 aromatic rings. The topological polar surface area (TPSA) is 18.5 Å². The third-order valence-electron chi connectivity index (χ3n) is 5.74. The molecule has 1 N–H and O–H groups in total. The predicted octanol–water partition coefficient (Wildman–Crippen LogP) is 2.08. The molecule has 19 heavy (non-hydrogen) atoms. The molecule has 0 amide bonds. The summed E-state index contributed by atoms with van der Waals surface area (Å²) in [5, 5.41) is 3.47. The van der Waals surface area contributed by atoms with Crippen LogP contribution in [-0.2, 0) is 0 Å². The van der Waals surface area contributed by atoms with Crippen molar-refractivity contribution < 1.29 is 0 Å². The largest absolute Gasteiger partial charge is 0.317 e. The normalized spacial score (nSPS) is 35.8. The van der Waals surface area contributed by atoms with Crippen LogP contribution in [0.2, 0.25) is 0 Å². The average Bonchev–Trinajstić information content (AvgIpc) is 3.07. The van der Waals surface area contributed by atoms with Crippen LogP contribution in [0.1, 0.15) is 51.4 Å². The van der Waals surface area contributed by atoms with Gasteiger partial charge in [-0.1, -0.05) is 12.8 Å². The molecule has 0 bridgehead atoms. The zero-order chi connectivity index (χ0) is 13.1. The molecule has 3 aliphatic rings. The standard InChI is InChI=1S/C16H31N3/c1-17-14-7-8-16(13-14)19-10-4-9-18(11-12-19)15-5-2-3-6-15/h14-17H,2-13H2,1H3/t14-,16-/m0/s1. The maximum Gasteiger partial charge on any atom is 0.0112 e. The molecule has 1 aliphatic heterocycles. The molecule has 0 radical (unpaired) electrons. The molecular formula is C16H31N3. The molecule has 0 spiro atoms. The van der Waals surface area contributed by atoms with E-state index in [9.17, 15) is 0 Å². The van der Waals surface area contributed by atoms with E-state index in [0.29, 0.717) is 0 Å². The summed E-state index contributed by atoms with van der Waals surface area (Å²) in [6, 6.07) is 2.56. The van der Waals surface area contributed by atoms with Crippen LogP contribution in [0.3, 0.4) is 0 Å². The van der Waals surface area contributed by atoms with Gasteiger partial charge in [-0.15, -0.1) is 0 Å². The Bertz CT molecular complexity index is 275. The van der Waals surface area contributed by atoms with E-state index < -0.39 is 0 Å². The molecule has 3 nitrogen and oxygen atoms in total. The lowest BCUT2D eigenvalue weighted by molar-refractivity contribution is 0.177. The first-order valence-electron chi connectivity index (χ1n) is 8.52. The first kappa shape index (κ1) is 13.8. The van der Waals surface area contributed by atoms with Crippen LogP contribution in [0, 0.1) is 0 Å². The molecule has 2 saturated carbocycles. The summed E-state index contributed by atoms with van der Waals surface area (Å²) in [5.74, 6) is 0. The first-order valence-corrected chi connectivity index (χ1v) is 8.52. The van der Waals surface area contributed by atoms with Crippen LogP contribution in [-0.4, -0.2) is 61.2 Å². The fourth-order valence-electron chi connectivity index (χ4n) is 4.51. The van der Waals surface area contributed by atoms with Gasteiger partial charge in [-0.25, -0.2) is 0 Å². The third-order valence-corrected chi connectivity index (χ3v) is 5.74. The van der Waals surface area contributed by atoms with E-state index in [-0.39, 0.29) is 0 Å². The van der Waals surface area contributed by atoms with E-state index >= 15 is 0 Å². The minimum absolute atomic E-state index is 0.777. The van der Waals surface area contributed by atoms with E-state index in [0.717, 1.165) is 18.1 Å². The van der Waals surface area contributed by atoms with E-state index in [2.05, 4.69) is 22.2 Å². The minimum atomic E-state index is 0.777. The van der Waals surface area contributed by atoms with Crippen molar-refractivity contribution in [2.24, 2.45) is 0 Å². The smallest absolute Gasteiger partial charge is 0.0112 e. The van der Waals surface area contributed by atoms with Crippen molar-refractivity contribution >= 4 is 0 Å². The maximum absolute atomic E-state index is 3.47. The van der Waals surface area contributed by atoms with Gasteiger partial charge in [-0.2, -0.15) is 0 Å². The molecule has 1 heterocycles. The molecule has 3 fully saturated rings. The monoisotopic (exact) mass is 265 g/mol. The highest BCUT2D eigenvalue weighted by Crippen LogP contribution is 2.27. The van der Waals surface area contributed by atoms with Crippen LogP contribution in [0.5, 0.6) is 0 Å². The second kappa shape index (κ2) is 6.55. The van der Waals surface area contributed by atoms with Gasteiger partial charge >= 0.3 is 0 Å². The molecule has 1 saturated heterocycles. The minimum Gasteiger partial charge on any atom is -0.317 e.